The van der Waals surface area contributed by atoms with Gasteiger partial charge in [0.05, 0.1) is 8.15 Å². The molecule has 6 aromatic rings. The smallest absolute Gasteiger partial charge is 0.501 e. The highest BCUT2D eigenvalue weighted by Gasteiger charge is 2.33. The Labute approximate surface area is 306 Å². The molecule has 0 aliphatic heterocycles. The molecule has 3 nitrogen and oxygen atoms in total. The highest BCUT2D eigenvalue weighted by Crippen LogP contribution is 2.38. The number of hydrogen-bond donors (Lipinski definition) is 0. The zero-order chi connectivity index (χ0) is 36.3. The predicted octanol–water partition coefficient (Wildman–Crippen LogP) is 11.7. The van der Waals surface area contributed by atoms with Crippen LogP contribution < -0.4 is 19.9 Å². The second-order valence-corrected chi connectivity index (χ2v) is 16.5. The summed E-state index contributed by atoms with van der Waals surface area (Å²) in [5, 5.41) is 2.16. The van der Waals surface area contributed by atoms with Gasteiger partial charge >= 0.3 is 7.32 Å². The summed E-state index contributed by atoms with van der Waals surface area (Å²) in [6.45, 7) is 19.7. The first-order chi connectivity index (χ1) is 24.4. The molecule has 0 amide bonds. The van der Waals surface area contributed by atoms with Crippen molar-refractivity contribution < 1.29 is 13.7 Å². The van der Waals surface area contributed by atoms with E-state index in [-0.39, 0.29) is 5.41 Å². The SMILES string of the molecule is Cc1cc(C)c(-c2ccc(OB(Oc3ccc(-c4c(C)cc(C)cc4C)cc3)OP(c3ccccc3)c3ccc(C(C)(C)C)cc3)cc2)c(C)c1. The Morgan fingerprint density at radius 3 is 1.25 bits per heavy atom. The van der Waals surface area contributed by atoms with E-state index < -0.39 is 15.5 Å². The number of aryl methyl sites for hydroxylation is 6. The molecule has 6 rings (SSSR count). The van der Waals surface area contributed by atoms with Gasteiger partial charge in [0.15, 0.2) is 0 Å². The molecule has 0 aromatic heterocycles. The summed E-state index contributed by atoms with van der Waals surface area (Å²) in [6.07, 6.45) is 0. The lowest BCUT2D eigenvalue weighted by Gasteiger charge is -2.24. The Morgan fingerprint density at radius 1 is 0.471 bits per heavy atom. The van der Waals surface area contributed by atoms with E-state index >= 15 is 0 Å². The van der Waals surface area contributed by atoms with Gasteiger partial charge in [0.1, 0.15) is 11.5 Å². The lowest BCUT2D eigenvalue weighted by Crippen LogP contribution is -2.34. The van der Waals surface area contributed by atoms with E-state index in [1.807, 2.05) is 30.3 Å². The lowest BCUT2D eigenvalue weighted by molar-refractivity contribution is 0.323. The molecule has 0 aliphatic carbocycles. The summed E-state index contributed by atoms with van der Waals surface area (Å²) >= 11 is 0. The molecule has 0 bridgehead atoms. The van der Waals surface area contributed by atoms with Crippen molar-refractivity contribution in [3.05, 3.63) is 166 Å². The van der Waals surface area contributed by atoms with Crippen LogP contribution in [0.1, 0.15) is 59.7 Å². The van der Waals surface area contributed by atoms with Crippen LogP contribution in [0.2, 0.25) is 0 Å². The van der Waals surface area contributed by atoms with Crippen LogP contribution in [0.4, 0.5) is 0 Å². The van der Waals surface area contributed by atoms with Crippen LogP contribution in [0.5, 0.6) is 11.5 Å². The summed E-state index contributed by atoms with van der Waals surface area (Å²) in [7, 11) is -2.30. The first-order valence-corrected chi connectivity index (χ1v) is 18.9. The number of benzene rings is 6. The average molecular weight is 691 g/mol. The topological polar surface area (TPSA) is 27.7 Å². The first-order valence-electron chi connectivity index (χ1n) is 17.7. The van der Waals surface area contributed by atoms with Gasteiger partial charge in [-0.2, -0.15) is 0 Å². The number of hydrogen-bond acceptors (Lipinski definition) is 3. The fraction of sp³-hybridized carbons (Fsp3) is 0.217. The van der Waals surface area contributed by atoms with Crippen LogP contribution in [0.15, 0.2) is 127 Å². The summed E-state index contributed by atoms with van der Waals surface area (Å²) in [4.78, 5) is 0. The van der Waals surface area contributed by atoms with Gasteiger partial charge in [-0.1, -0.05) is 135 Å². The normalized spacial score (nSPS) is 12.0. The molecule has 0 fully saturated rings. The van der Waals surface area contributed by atoms with Crippen LogP contribution in [-0.4, -0.2) is 7.32 Å². The van der Waals surface area contributed by atoms with Gasteiger partial charge in [0, 0.05) is 10.6 Å². The highest BCUT2D eigenvalue weighted by molar-refractivity contribution is 7.69. The van der Waals surface area contributed by atoms with E-state index in [1.165, 1.54) is 50.1 Å². The third-order valence-corrected chi connectivity index (χ3v) is 11.2. The van der Waals surface area contributed by atoms with E-state index in [1.54, 1.807) is 0 Å². The third-order valence-electron chi connectivity index (χ3n) is 9.25. The lowest BCUT2D eigenvalue weighted by atomic mass is 9.87. The Bertz CT molecular complexity index is 1950. The van der Waals surface area contributed by atoms with Gasteiger partial charge in [-0.15, -0.1) is 0 Å². The first kappa shape index (κ1) is 36.2. The van der Waals surface area contributed by atoms with Crippen molar-refractivity contribution in [1.29, 1.82) is 0 Å². The summed E-state index contributed by atoms with van der Waals surface area (Å²) < 4.78 is 20.1. The summed E-state index contributed by atoms with van der Waals surface area (Å²) in [6, 6.07) is 44.5. The maximum Gasteiger partial charge on any atom is 0.791 e. The second kappa shape index (κ2) is 15.3. The third kappa shape index (κ3) is 8.64. The Morgan fingerprint density at radius 2 is 0.863 bits per heavy atom. The van der Waals surface area contributed by atoms with Gasteiger partial charge < -0.3 is 13.7 Å². The molecule has 0 radical (unpaired) electrons. The summed E-state index contributed by atoms with van der Waals surface area (Å²) in [5.74, 6) is 1.33. The summed E-state index contributed by atoms with van der Waals surface area (Å²) in [5.41, 5.74) is 13.7. The van der Waals surface area contributed by atoms with Crippen LogP contribution in [0, 0.1) is 41.5 Å². The quantitative estimate of drug-likeness (QED) is 0.106. The van der Waals surface area contributed by atoms with Gasteiger partial charge in [-0.3, -0.25) is 0 Å². The van der Waals surface area contributed by atoms with Crippen molar-refractivity contribution in [3.8, 4) is 33.8 Å². The molecule has 1 atom stereocenters. The van der Waals surface area contributed by atoms with Crippen molar-refractivity contribution in [3.63, 3.8) is 0 Å². The maximum atomic E-state index is 6.91. The van der Waals surface area contributed by atoms with E-state index in [4.69, 9.17) is 13.7 Å². The Balaban J connectivity index is 1.34. The Kier molecular flexibility index (Phi) is 10.9. The fourth-order valence-corrected chi connectivity index (χ4v) is 8.64. The van der Waals surface area contributed by atoms with Crippen molar-refractivity contribution in [2.45, 2.75) is 67.7 Å². The molecule has 51 heavy (non-hydrogen) atoms. The van der Waals surface area contributed by atoms with Crippen molar-refractivity contribution in [1.82, 2.24) is 0 Å². The van der Waals surface area contributed by atoms with Crippen molar-refractivity contribution in [2.24, 2.45) is 0 Å². The minimum absolute atomic E-state index is 0.0489. The molecule has 6 aromatic carbocycles. The minimum atomic E-state index is -1.29. The number of rotatable bonds is 10. The standard InChI is InChI=1S/C46H48BO3P/c1-31-27-33(3)44(34(4)28-31)37-15-21-40(22-16-37)48-47(49-41-23-17-38(18-24-41)45-35(5)29-32(2)30-36(45)6)50-51(42-13-11-10-12-14-42)43-25-19-39(20-26-43)46(7,8)9/h10-30H,1-9H3. The zero-order valence-electron chi connectivity index (χ0n) is 31.4. The zero-order valence-corrected chi connectivity index (χ0v) is 32.3. The molecule has 1 unspecified atom stereocenters. The van der Waals surface area contributed by atoms with E-state index in [9.17, 15) is 0 Å². The van der Waals surface area contributed by atoms with E-state index in [0.29, 0.717) is 11.5 Å². The van der Waals surface area contributed by atoms with Crippen LogP contribution in [0.3, 0.4) is 0 Å². The van der Waals surface area contributed by atoms with E-state index in [2.05, 4.69) is 159 Å². The van der Waals surface area contributed by atoms with Crippen LogP contribution in [-0.2, 0) is 9.86 Å². The van der Waals surface area contributed by atoms with Crippen molar-refractivity contribution in [2.75, 3.05) is 0 Å². The monoisotopic (exact) mass is 690 g/mol. The van der Waals surface area contributed by atoms with Crippen LogP contribution >= 0.6 is 8.15 Å². The van der Waals surface area contributed by atoms with Crippen LogP contribution in [0.25, 0.3) is 22.3 Å². The molecular formula is C46H48BO3P. The fourth-order valence-electron chi connectivity index (χ4n) is 6.98. The molecule has 0 spiro atoms. The predicted molar refractivity (Wildman–Crippen MR) is 218 cm³/mol. The van der Waals surface area contributed by atoms with Gasteiger partial charge in [-0.05, 0) is 121 Å². The Hall–Kier alpha value is -4.63. The molecule has 0 saturated carbocycles. The van der Waals surface area contributed by atoms with Gasteiger partial charge in [-0.25, -0.2) is 0 Å². The second-order valence-electron chi connectivity index (χ2n) is 14.7. The average Bonchev–Trinajstić information content (AvgIpc) is 3.08. The van der Waals surface area contributed by atoms with Crippen molar-refractivity contribution >= 4 is 26.1 Å². The molecule has 5 heteroatoms. The largest absolute Gasteiger partial charge is 0.791 e. The maximum absolute atomic E-state index is 6.91. The van der Waals surface area contributed by atoms with Gasteiger partial charge in [0.25, 0.3) is 0 Å². The highest BCUT2D eigenvalue weighted by atomic mass is 31.1. The molecule has 0 N–H and O–H groups in total. The molecule has 0 aliphatic rings. The molecular weight excluding hydrogens is 642 g/mol. The molecule has 0 saturated heterocycles. The van der Waals surface area contributed by atoms with E-state index in [0.717, 1.165) is 21.7 Å². The molecule has 0 heterocycles. The van der Waals surface area contributed by atoms with Gasteiger partial charge in [0.2, 0.25) is 0 Å². The minimum Gasteiger partial charge on any atom is -0.501 e. The molecule has 258 valence electrons.